The zero-order valence-corrected chi connectivity index (χ0v) is 11.5. The van der Waals surface area contributed by atoms with Gasteiger partial charge in [-0.1, -0.05) is 19.8 Å². The predicted octanol–water partition coefficient (Wildman–Crippen LogP) is 2.97. The molecule has 2 aromatic heterocycles. The lowest BCUT2D eigenvalue weighted by Crippen LogP contribution is -2.17. The number of nitrogens with one attached hydrogen (secondary N) is 2. The number of unbranched alkanes of at least 4 members (excludes halogenated alkanes) is 1. The van der Waals surface area contributed by atoms with E-state index in [0.717, 1.165) is 22.5 Å². The van der Waals surface area contributed by atoms with E-state index in [9.17, 15) is 0 Å². The third kappa shape index (κ3) is 2.88. The van der Waals surface area contributed by atoms with Crippen LogP contribution in [0.4, 0.5) is 11.8 Å². The van der Waals surface area contributed by atoms with Crippen molar-refractivity contribution in [3.05, 3.63) is 11.4 Å². The second-order valence-electron chi connectivity index (χ2n) is 4.37. The molecule has 2 heterocycles. The third-order valence-corrected chi connectivity index (χ3v) is 3.63. The van der Waals surface area contributed by atoms with Crippen LogP contribution in [0.2, 0.25) is 0 Å². The molecule has 0 aliphatic heterocycles. The molecule has 4 N–H and O–H groups in total. The highest BCUT2D eigenvalue weighted by molar-refractivity contribution is 7.16. The molecule has 0 saturated carbocycles. The summed E-state index contributed by atoms with van der Waals surface area (Å²) in [6.45, 7) is 4.37. The summed E-state index contributed by atoms with van der Waals surface area (Å²) < 4.78 is 0. The number of anilines is 2. The molecular weight excluding hydrogens is 246 g/mol. The van der Waals surface area contributed by atoms with Gasteiger partial charge in [-0.25, -0.2) is 10.8 Å². The average molecular weight is 265 g/mol. The maximum Gasteiger partial charge on any atom is 0.240 e. The summed E-state index contributed by atoms with van der Waals surface area (Å²) in [7, 11) is 0. The van der Waals surface area contributed by atoms with E-state index < -0.39 is 0 Å². The van der Waals surface area contributed by atoms with Crippen LogP contribution in [0.5, 0.6) is 0 Å². The fourth-order valence-corrected chi connectivity index (χ4v) is 2.61. The van der Waals surface area contributed by atoms with Crippen molar-refractivity contribution < 1.29 is 0 Å². The summed E-state index contributed by atoms with van der Waals surface area (Å²) in [5.41, 5.74) is 2.51. The van der Waals surface area contributed by atoms with Gasteiger partial charge in [0.15, 0.2) is 0 Å². The lowest BCUT2D eigenvalue weighted by atomic mass is 10.1. The molecule has 0 aromatic carbocycles. The minimum atomic E-state index is 0.397. The van der Waals surface area contributed by atoms with Crippen molar-refractivity contribution in [2.75, 3.05) is 10.7 Å². The van der Waals surface area contributed by atoms with Crippen molar-refractivity contribution in [1.29, 1.82) is 0 Å². The van der Waals surface area contributed by atoms with Crippen molar-refractivity contribution in [3.8, 4) is 0 Å². The Kier molecular flexibility index (Phi) is 4.33. The first-order chi connectivity index (χ1) is 8.74. The number of rotatable bonds is 6. The molecule has 2 aromatic rings. The first-order valence-corrected chi connectivity index (χ1v) is 7.11. The van der Waals surface area contributed by atoms with E-state index in [-0.39, 0.29) is 0 Å². The highest BCUT2D eigenvalue weighted by atomic mass is 32.1. The van der Waals surface area contributed by atoms with Crippen molar-refractivity contribution in [2.24, 2.45) is 5.84 Å². The Morgan fingerprint density at radius 3 is 3.00 bits per heavy atom. The Morgan fingerprint density at radius 2 is 2.28 bits per heavy atom. The first-order valence-electron chi connectivity index (χ1n) is 6.23. The second kappa shape index (κ2) is 5.97. The van der Waals surface area contributed by atoms with Crippen molar-refractivity contribution in [3.63, 3.8) is 0 Å². The van der Waals surface area contributed by atoms with E-state index in [1.807, 2.05) is 11.4 Å². The van der Waals surface area contributed by atoms with Gasteiger partial charge in [-0.2, -0.15) is 4.98 Å². The normalized spacial score (nSPS) is 12.6. The molecular formula is C12H19N5S. The Balaban J connectivity index is 2.22. The standard InChI is InChI=1S/C12H19N5S/c1-3-4-5-8(2)14-10-9-6-7-18-11(9)16-12(15-10)17-13/h6-8H,3-5,13H2,1-2H3,(H2,14,15,16,17). The average Bonchev–Trinajstić information content (AvgIpc) is 2.84. The molecule has 0 aliphatic rings. The number of nitrogens with zero attached hydrogens (tertiary/aromatic N) is 2. The van der Waals surface area contributed by atoms with E-state index in [0.29, 0.717) is 12.0 Å². The summed E-state index contributed by atoms with van der Waals surface area (Å²) in [6.07, 6.45) is 3.56. The van der Waals surface area contributed by atoms with E-state index in [4.69, 9.17) is 5.84 Å². The molecule has 18 heavy (non-hydrogen) atoms. The zero-order valence-electron chi connectivity index (χ0n) is 10.7. The summed E-state index contributed by atoms with van der Waals surface area (Å²) in [4.78, 5) is 9.65. The summed E-state index contributed by atoms with van der Waals surface area (Å²) in [5.74, 6) is 6.70. The number of thiophene rings is 1. The SMILES string of the molecule is CCCCC(C)Nc1nc(NN)nc2sccc12. The Labute approximate surface area is 111 Å². The lowest BCUT2D eigenvalue weighted by molar-refractivity contribution is 0.644. The molecule has 1 atom stereocenters. The van der Waals surface area contributed by atoms with Gasteiger partial charge < -0.3 is 5.32 Å². The van der Waals surface area contributed by atoms with E-state index in [1.165, 1.54) is 12.8 Å². The van der Waals surface area contributed by atoms with Gasteiger partial charge in [0.2, 0.25) is 5.95 Å². The molecule has 2 rings (SSSR count). The molecule has 0 aliphatic carbocycles. The van der Waals surface area contributed by atoms with Gasteiger partial charge in [0.25, 0.3) is 0 Å². The number of fused-ring (bicyclic) bond motifs is 1. The van der Waals surface area contributed by atoms with E-state index in [1.54, 1.807) is 11.3 Å². The van der Waals surface area contributed by atoms with Crippen molar-refractivity contribution in [1.82, 2.24) is 9.97 Å². The molecule has 0 spiro atoms. The largest absolute Gasteiger partial charge is 0.367 e. The van der Waals surface area contributed by atoms with Gasteiger partial charge in [-0.15, -0.1) is 11.3 Å². The van der Waals surface area contributed by atoms with Gasteiger partial charge in [0.05, 0.1) is 5.39 Å². The van der Waals surface area contributed by atoms with Gasteiger partial charge in [-0.05, 0) is 24.8 Å². The predicted molar refractivity (Wildman–Crippen MR) is 77.8 cm³/mol. The van der Waals surface area contributed by atoms with Gasteiger partial charge in [0, 0.05) is 6.04 Å². The Bertz CT molecular complexity index is 510. The van der Waals surface area contributed by atoms with Crippen LogP contribution in [-0.4, -0.2) is 16.0 Å². The monoisotopic (exact) mass is 265 g/mol. The smallest absolute Gasteiger partial charge is 0.240 e. The molecule has 0 radical (unpaired) electrons. The Hall–Kier alpha value is -1.40. The number of nitrogen functional groups attached to an aromatic ring is 1. The van der Waals surface area contributed by atoms with Crippen LogP contribution >= 0.6 is 11.3 Å². The minimum Gasteiger partial charge on any atom is -0.367 e. The fourth-order valence-electron chi connectivity index (χ4n) is 1.85. The maximum absolute atomic E-state index is 5.39. The maximum atomic E-state index is 5.39. The van der Waals surface area contributed by atoms with Crippen LogP contribution in [0.25, 0.3) is 10.2 Å². The molecule has 0 fully saturated rings. The topological polar surface area (TPSA) is 75.9 Å². The van der Waals surface area contributed by atoms with Gasteiger partial charge in [0.1, 0.15) is 10.6 Å². The van der Waals surface area contributed by atoms with Crippen LogP contribution in [-0.2, 0) is 0 Å². The quantitative estimate of drug-likeness (QED) is 0.553. The van der Waals surface area contributed by atoms with E-state index >= 15 is 0 Å². The fraction of sp³-hybridized carbons (Fsp3) is 0.500. The highest BCUT2D eigenvalue weighted by Crippen LogP contribution is 2.27. The molecule has 0 bridgehead atoms. The number of hydrogen-bond acceptors (Lipinski definition) is 6. The summed E-state index contributed by atoms with van der Waals surface area (Å²) >= 11 is 1.59. The third-order valence-electron chi connectivity index (χ3n) is 2.83. The second-order valence-corrected chi connectivity index (χ2v) is 5.26. The number of hydrogen-bond donors (Lipinski definition) is 3. The number of hydrazine groups is 1. The number of aromatic nitrogens is 2. The molecule has 1 unspecified atom stereocenters. The van der Waals surface area contributed by atoms with Crippen LogP contribution in [0.15, 0.2) is 11.4 Å². The van der Waals surface area contributed by atoms with Crippen LogP contribution in [0.3, 0.4) is 0 Å². The highest BCUT2D eigenvalue weighted by Gasteiger charge is 2.10. The van der Waals surface area contributed by atoms with Crippen LogP contribution in [0.1, 0.15) is 33.1 Å². The number of nitrogens with two attached hydrogens (primary N) is 1. The summed E-state index contributed by atoms with van der Waals surface area (Å²) in [5, 5.41) is 6.51. The Morgan fingerprint density at radius 1 is 1.44 bits per heavy atom. The zero-order chi connectivity index (χ0) is 13.0. The van der Waals surface area contributed by atoms with Crippen molar-refractivity contribution >= 4 is 33.3 Å². The lowest BCUT2D eigenvalue weighted by Gasteiger charge is -2.15. The molecule has 98 valence electrons. The summed E-state index contributed by atoms with van der Waals surface area (Å²) in [6, 6.07) is 2.43. The molecule has 5 nitrogen and oxygen atoms in total. The molecule has 0 saturated heterocycles. The van der Waals surface area contributed by atoms with Crippen LogP contribution in [0, 0.1) is 0 Å². The minimum absolute atomic E-state index is 0.397. The first kappa shape index (κ1) is 13.0. The molecule has 0 amide bonds. The van der Waals surface area contributed by atoms with E-state index in [2.05, 4.69) is 34.6 Å². The van der Waals surface area contributed by atoms with Gasteiger partial charge >= 0.3 is 0 Å². The van der Waals surface area contributed by atoms with Crippen LogP contribution < -0.4 is 16.6 Å². The van der Waals surface area contributed by atoms with Gasteiger partial charge in [-0.3, -0.25) is 5.43 Å². The molecule has 6 heteroatoms. The van der Waals surface area contributed by atoms with Crippen molar-refractivity contribution in [2.45, 2.75) is 39.2 Å².